The molecule has 6 aromatic rings. The van der Waals surface area contributed by atoms with Crippen LogP contribution in [0.3, 0.4) is 0 Å². The zero-order chi connectivity index (χ0) is 29.2. The molecule has 1 aliphatic carbocycles. The third kappa shape index (κ3) is 5.33. The van der Waals surface area contributed by atoms with Gasteiger partial charge in [0.2, 0.25) is 0 Å². The van der Waals surface area contributed by atoms with Crippen LogP contribution in [-0.4, -0.2) is 0 Å². The van der Waals surface area contributed by atoms with E-state index in [1.165, 1.54) is 50.1 Å². The smallest absolute Gasteiger partial charge is 0.0600 e. The lowest BCUT2D eigenvalue weighted by Gasteiger charge is -2.35. The molecule has 0 aliphatic heterocycles. The van der Waals surface area contributed by atoms with Gasteiger partial charge >= 0.3 is 0 Å². The van der Waals surface area contributed by atoms with E-state index in [-0.39, 0.29) is 6.04 Å². The minimum Gasteiger partial charge on any atom is -0.334 e. The van der Waals surface area contributed by atoms with Crippen LogP contribution in [0.25, 0.3) is 16.8 Å². The van der Waals surface area contributed by atoms with Crippen LogP contribution in [-0.2, 0) is 0 Å². The number of nitrogens with zero attached hydrogens (tertiary/aromatic N) is 2. The van der Waals surface area contributed by atoms with Gasteiger partial charge in [-0.1, -0.05) is 108 Å². The summed E-state index contributed by atoms with van der Waals surface area (Å²) >= 11 is 0. The Labute approximate surface area is 255 Å². The molecule has 1 atom stereocenters. The molecule has 210 valence electrons. The van der Waals surface area contributed by atoms with E-state index in [0.717, 1.165) is 24.2 Å². The second-order valence-electron chi connectivity index (χ2n) is 11.5. The van der Waals surface area contributed by atoms with Crippen molar-refractivity contribution in [1.29, 1.82) is 0 Å². The zero-order valence-electron chi connectivity index (χ0n) is 24.8. The summed E-state index contributed by atoms with van der Waals surface area (Å²) in [5, 5.41) is 2.47. The van der Waals surface area contributed by atoms with Gasteiger partial charge < -0.3 is 9.80 Å². The number of benzene rings is 6. The van der Waals surface area contributed by atoms with E-state index in [1.807, 2.05) is 0 Å². The van der Waals surface area contributed by atoms with Gasteiger partial charge in [0.1, 0.15) is 0 Å². The number of hydrogen-bond donors (Lipinski definition) is 0. The second-order valence-corrected chi connectivity index (χ2v) is 11.5. The maximum Gasteiger partial charge on any atom is 0.0600 e. The van der Waals surface area contributed by atoms with Gasteiger partial charge in [0.15, 0.2) is 0 Å². The lowest BCUT2D eigenvalue weighted by molar-refractivity contribution is 0.644. The van der Waals surface area contributed by atoms with Gasteiger partial charge in [0, 0.05) is 28.1 Å². The number of hydrogen-bond acceptors (Lipinski definition) is 2. The maximum absolute atomic E-state index is 2.53. The van der Waals surface area contributed by atoms with Crippen molar-refractivity contribution >= 4 is 45.3 Å². The van der Waals surface area contributed by atoms with E-state index < -0.39 is 0 Å². The Morgan fingerprint density at radius 3 is 1.81 bits per heavy atom. The Morgan fingerprint density at radius 1 is 0.535 bits per heavy atom. The summed E-state index contributed by atoms with van der Waals surface area (Å²) in [7, 11) is 0. The molecule has 2 nitrogen and oxygen atoms in total. The summed E-state index contributed by atoms with van der Waals surface area (Å²) in [6.07, 6.45) is 6.70. The van der Waals surface area contributed by atoms with Crippen molar-refractivity contribution in [2.75, 3.05) is 9.80 Å². The predicted molar refractivity (Wildman–Crippen MR) is 184 cm³/mol. The van der Waals surface area contributed by atoms with Crippen molar-refractivity contribution in [1.82, 2.24) is 0 Å². The highest BCUT2D eigenvalue weighted by atomic mass is 15.2. The molecule has 0 fully saturated rings. The van der Waals surface area contributed by atoms with E-state index in [9.17, 15) is 0 Å². The molecule has 1 unspecified atom stereocenters. The molecule has 0 heterocycles. The average Bonchev–Trinajstić information content (AvgIpc) is 3.27. The van der Waals surface area contributed by atoms with Crippen molar-refractivity contribution in [3.63, 3.8) is 0 Å². The lowest BCUT2D eigenvalue weighted by atomic mass is 9.96. The zero-order valence-corrected chi connectivity index (χ0v) is 24.8. The number of aryl methyl sites for hydroxylation is 2. The van der Waals surface area contributed by atoms with Crippen LogP contribution in [0.4, 0.5) is 28.4 Å². The molecule has 0 aromatic heterocycles. The highest BCUT2D eigenvalue weighted by molar-refractivity contribution is 5.99. The lowest BCUT2D eigenvalue weighted by Crippen LogP contribution is -2.24. The van der Waals surface area contributed by atoms with E-state index in [1.54, 1.807) is 0 Å². The van der Waals surface area contributed by atoms with Crippen LogP contribution in [0.15, 0.2) is 146 Å². The first-order valence-corrected chi connectivity index (χ1v) is 15.2. The molecule has 2 heteroatoms. The van der Waals surface area contributed by atoms with Crippen LogP contribution in [0.5, 0.6) is 0 Å². The topological polar surface area (TPSA) is 6.48 Å². The minimum absolute atomic E-state index is 0.228. The molecule has 0 N–H and O–H groups in total. The van der Waals surface area contributed by atoms with Crippen LogP contribution in [0.2, 0.25) is 0 Å². The van der Waals surface area contributed by atoms with Crippen molar-refractivity contribution in [3.8, 4) is 0 Å². The Kier molecular flexibility index (Phi) is 7.27. The molecule has 0 saturated carbocycles. The highest BCUT2D eigenvalue weighted by Gasteiger charge is 2.25. The third-order valence-electron chi connectivity index (χ3n) is 8.57. The fraction of sp³-hybridized carbons (Fsp3) is 0.122. The van der Waals surface area contributed by atoms with Crippen LogP contribution in [0.1, 0.15) is 41.1 Å². The van der Waals surface area contributed by atoms with Gasteiger partial charge in [-0.25, -0.2) is 0 Å². The molecular weight excluding hydrogens is 520 g/mol. The summed E-state index contributed by atoms with van der Waals surface area (Å²) < 4.78 is 0. The van der Waals surface area contributed by atoms with Crippen molar-refractivity contribution in [2.45, 2.75) is 32.7 Å². The van der Waals surface area contributed by atoms with Crippen LogP contribution < -0.4 is 9.80 Å². The van der Waals surface area contributed by atoms with Gasteiger partial charge in [0.25, 0.3) is 0 Å². The SMILES string of the molecule is Cc1ccc(N(c2ccc(N(c3ccc(C)cc3)C3CCC=Cc4ccccc43)cc2)c2cccc3ccccc23)cc1. The summed E-state index contributed by atoms with van der Waals surface area (Å²) in [5.41, 5.74) is 11.1. The van der Waals surface area contributed by atoms with E-state index in [4.69, 9.17) is 0 Å². The summed E-state index contributed by atoms with van der Waals surface area (Å²) in [4.78, 5) is 4.91. The van der Waals surface area contributed by atoms with Gasteiger partial charge in [-0.2, -0.15) is 0 Å². The average molecular weight is 557 g/mol. The normalized spacial score (nSPS) is 14.2. The molecule has 0 radical (unpaired) electrons. The number of fused-ring (bicyclic) bond motifs is 2. The summed E-state index contributed by atoms with van der Waals surface area (Å²) in [5.74, 6) is 0. The van der Waals surface area contributed by atoms with Gasteiger partial charge in [-0.05, 0) is 97.8 Å². The number of anilines is 5. The van der Waals surface area contributed by atoms with E-state index in [0.29, 0.717) is 0 Å². The highest BCUT2D eigenvalue weighted by Crippen LogP contribution is 2.43. The van der Waals surface area contributed by atoms with Crippen molar-refractivity contribution in [2.24, 2.45) is 0 Å². The van der Waals surface area contributed by atoms with Gasteiger partial charge in [-0.3, -0.25) is 0 Å². The van der Waals surface area contributed by atoms with Crippen LogP contribution >= 0.6 is 0 Å². The van der Waals surface area contributed by atoms with Gasteiger partial charge in [-0.15, -0.1) is 0 Å². The molecule has 0 saturated heterocycles. The molecule has 7 rings (SSSR count). The largest absolute Gasteiger partial charge is 0.334 e. The molecule has 6 aromatic carbocycles. The standard InChI is InChI=1S/C41H36N2/c1-30-18-22-34(23-19-30)42(40-16-8-5-12-32-10-3-6-14-38(32)40)36-26-28-37(29-27-36)43(35-24-20-31(2)21-25-35)41-17-9-13-33-11-4-7-15-39(33)41/h3-7,9-15,17-29,40H,8,16H2,1-2H3. The fourth-order valence-corrected chi connectivity index (χ4v) is 6.36. The Morgan fingerprint density at radius 2 is 1.09 bits per heavy atom. The molecule has 43 heavy (non-hydrogen) atoms. The predicted octanol–water partition coefficient (Wildman–Crippen LogP) is 11.6. The Hall–Kier alpha value is -5.08. The van der Waals surface area contributed by atoms with Crippen molar-refractivity contribution in [3.05, 3.63) is 168 Å². The first kappa shape index (κ1) is 26.8. The molecule has 0 spiro atoms. The minimum atomic E-state index is 0.228. The first-order chi connectivity index (χ1) is 21.2. The number of rotatable bonds is 6. The monoisotopic (exact) mass is 556 g/mol. The quantitative estimate of drug-likeness (QED) is 0.201. The molecule has 0 amide bonds. The molecule has 0 bridgehead atoms. The molecular formula is C41H36N2. The number of allylic oxidation sites excluding steroid dienone is 1. The maximum atomic E-state index is 2.53. The van der Waals surface area contributed by atoms with Gasteiger partial charge in [0.05, 0.1) is 11.7 Å². The third-order valence-corrected chi connectivity index (χ3v) is 8.57. The summed E-state index contributed by atoms with van der Waals surface area (Å²) in [6, 6.07) is 51.2. The Balaban J connectivity index is 1.35. The van der Waals surface area contributed by atoms with E-state index in [2.05, 4.69) is 175 Å². The molecule has 1 aliphatic rings. The Bertz CT molecular complexity index is 1880. The first-order valence-electron chi connectivity index (χ1n) is 15.2. The second kappa shape index (κ2) is 11.7. The van der Waals surface area contributed by atoms with Crippen molar-refractivity contribution < 1.29 is 0 Å². The van der Waals surface area contributed by atoms with Crippen LogP contribution in [0, 0.1) is 13.8 Å². The van der Waals surface area contributed by atoms with E-state index >= 15 is 0 Å². The summed E-state index contributed by atoms with van der Waals surface area (Å²) in [6.45, 7) is 4.29. The fourth-order valence-electron chi connectivity index (χ4n) is 6.36.